The normalized spacial score (nSPS) is 14.8. The first-order valence-corrected chi connectivity index (χ1v) is 8.91. The molecule has 1 aliphatic rings. The van der Waals surface area contributed by atoms with E-state index in [0.29, 0.717) is 0 Å². The first kappa shape index (κ1) is 19.5. The molecule has 0 aromatic carbocycles. The maximum Gasteiger partial charge on any atom is 0.00310 e. The average molecular weight is 283 g/mol. The van der Waals surface area contributed by atoms with Crippen molar-refractivity contribution in [3.63, 3.8) is 0 Å². The van der Waals surface area contributed by atoms with Crippen LogP contribution in [0.5, 0.6) is 0 Å². The topological polar surface area (TPSA) is 15.3 Å². The van der Waals surface area contributed by atoms with E-state index in [1.807, 2.05) is 20.9 Å². The zero-order chi connectivity index (χ0) is 15.1. The van der Waals surface area contributed by atoms with Gasteiger partial charge in [0, 0.05) is 12.7 Å². The second-order valence-electron chi connectivity index (χ2n) is 5.63. The van der Waals surface area contributed by atoms with Crippen LogP contribution in [0.15, 0.2) is 12.3 Å². The Morgan fingerprint density at radius 2 is 1.40 bits per heavy atom. The van der Waals surface area contributed by atoms with Gasteiger partial charge in [-0.1, -0.05) is 52.5 Å². The van der Waals surface area contributed by atoms with Crippen molar-refractivity contribution in [2.75, 3.05) is 26.7 Å². The van der Waals surface area contributed by atoms with E-state index < -0.39 is 0 Å². The lowest BCUT2D eigenvalue weighted by atomic mass is 10.1. The molecule has 0 aliphatic carbocycles. The summed E-state index contributed by atoms with van der Waals surface area (Å²) < 4.78 is 0. The Morgan fingerprint density at radius 3 is 1.95 bits per heavy atom. The molecule has 0 aromatic heterocycles. The lowest BCUT2D eigenvalue weighted by Crippen LogP contribution is -2.20. The van der Waals surface area contributed by atoms with Gasteiger partial charge in [0.05, 0.1) is 0 Å². The number of rotatable bonds is 11. The molecule has 0 radical (unpaired) electrons. The monoisotopic (exact) mass is 282 g/mol. The first-order chi connectivity index (χ1) is 9.83. The van der Waals surface area contributed by atoms with E-state index in [4.69, 9.17) is 0 Å². The number of nitrogens with zero attached hydrogens (tertiary/aromatic N) is 1. The lowest BCUT2D eigenvalue weighted by molar-refractivity contribution is 0.327. The summed E-state index contributed by atoms with van der Waals surface area (Å²) in [5, 5.41) is 3.11. The summed E-state index contributed by atoms with van der Waals surface area (Å²) in [6.07, 6.45) is 13.8. The molecule has 1 aliphatic heterocycles. The van der Waals surface area contributed by atoms with Crippen LogP contribution in [-0.4, -0.2) is 31.6 Å². The highest BCUT2D eigenvalue weighted by Gasteiger charge is 2.09. The highest BCUT2D eigenvalue weighted by atomic mass is 15.1. The van der Waals surface area contributed by atoms with Crippen LogP contribution in [0.2, 0.25) is 0 Å². The van der Waals surface area contributed by atoms with Gasteiger partial charge in [-0.2, -0.15) is 0 Å². The molecule has 0 aromatic rings. The van der Waals surface area contributed by atoms with Crippen molar-refractivity contribution in [1.29, 1.82) is 0 Å². The van der Waals surface area contributed by atoms with E-state index in [0.717, 1.165) is 6.42 Å². The third kappa shape index (κ3) is 11.3. The minimum absolute atomic E-state index is 1.14. The standard InChI is InChI=1S/C16H32N2.C2H6/c1-16(17-2)12-8-6-4-3-5-7-9-13-18-14-10-11-15-18;1-2/h17H,1,3-15H2,2H3;1-2H3. The zero-order valence-corrected chi connectivity index (χ0v) is 14.3. The quantitative estimate of drug-likeness (QED) is 0.539. The van der Waals surface area contributed by atoms with E-state index in [1.165, 1.54) is 83.1 Å². The molecule has 1 saturated heterocycles. The lowest BCUT2D eigenvalue weighted by Gasteiger charge is -2.13. The summed E-state index contributed by atoms with van der Waals surface area (Å²) in [5.74, 6) is 0. The van der Waals surface area contributed by atoms with Crippen LogP contribution in [0.3, 0.4) is 0 Å². The maximum absolute atomic E-state index is 3.95. The zero-order valence-electron chi connectivity index (χ0n) is 14.3. The summed E-state index contributed by atoms with van der Waals surface area (Å²) in [4.78, 5) is 2.63. The molecule has 1 heterocycles. The average Bonchev–Trinajstić information content (AvgIpc) is 3.00. The molecule has 0 unspecified atom stereocenters. The molecule has 0 saturated carbocycles. The molecular weight excluding hydrogens is 244 g/mol. The van der Waals surface area contributed by atoms with Gasteiger partial charge in [0.2, 0.25) is 0 Å². The SMILES string of the molecule is C=C(CCCCCCCCCN1CCCC1)NC.CC. The van der Waals surface area contributed by atoms with Crippen molar-refractivity contribution in [1.82, 2.24) is 10.2 Å². The van der Waals surface area contributed by atoms with Crippen LogP contribution in [0, 0.1) is 0 Å². The highest BCUT2D eigenvalue weighted by molar-refractivity contribution is 4.88. The minimum Gasteiger partial charge on any atom is -0.392 e. The predicted molar refractivity (Wildman–Crippen MR) is 92.2 cm³/mol. The van der Waals surface area contributed by atoms with Gasteiger partial charge in [-0.05, 0) is 51.7 Å². The second kappa shape index (κ2) is 14.9. The third-order valence-corrected chi connectivity index (χ3v) is 4.01. The second-order valence-corrected chi connectivity index (χ2v) is 5.63. The van der Waals surface area contributed by atoms with Crippen molar-refractivity contribution < 1.29 is 0 Å². The Bertz CT molecular complexity index is 207. The molecule has 20 heavy (non-hydrogen) atoms. The van der Waals surface area contributed by atoms with E-state index in [9.17, 15) is 0 Å². The molecule has 2 heteroatoms. The van der Waals surface area contributed by atoms with Gasteiger partial charge in [0.25, 0.3) is 0 Å². The Labute approximate surface area is 128 Å². The summed E-state index contributed by atoms with van der Waals surface area (Å²) in [6, 6.07) is 0. The van der Waals surface area contributed by atoms with Crippen LogP contribution in [0.4, 0.5) is 0 Å². The van der Waals surface area contributed by atoms with Crippen molar-refractivity contribution >= 4 is 0 Å². The van der Waals surface area contributed by atoms with Crippen LogP contribution >= 0.6 is 0 Å². The van der Waals surface area contributed by atoms with Crippen LogP contribution in [0.25, 0.3) is 0 Å². The molecule has 2 nitrogen and oxygen atoms in total. The van der Waals surface area contributed by atoms with E-state index in [1.54, 1.807) is 0 Å². The van der Waals surface area contributed by atoms with E-state index >= 15 is 0 Å². The molecule has 0 atom stereocenters. The summed E-state index contributed by atoms with van der Waals surface area (Å²) in [6.45, 7) is 12.0. The van der Waals surface area contributed by atoms with Gasteiger partial charge in [0.1, 0.15) is 0 Å². The van der Waals surface area contributed by atoms with Gasteiger partial charge in [-0.25, -0.2) is 0 Å². The fourth-order valence-corrected chi connectivity index (χ4v) is 2.69. The van der Waals surface area contributed by atoms with E-state index in [-0.39, 0.29) is 0 Å². The molecule has 0 spiro atoms. The molecule has 0 amide bonds. The summed E-state index contributed by atoms with van der Waals surface area (Å²) in [5.41, 5.74) is 1.18. The minimum atomic E-state index is 1.14. The summed E-state index contributed by atoms with van der Waals surface area (Å²) >= 11 is 0. The third-order valence-electron chi connectivity index (χ3n) is 4.01. The Hall–Kier alpha value is -0.500. The van der Waals surface area contributed by atoms with Crippen molar-refractivity contribution in [2.24, 2.45) is 0 Å². The predicted octanol–water partition coefficient (Wildman–Crippen LogP) is 4.96. The first-order valence-electron chi connectivity index (χ1n) is 8.91. The number of unbranched alkanes of at least 4 members (excludes halogenated alkanes) is 6. The van der Waals surface area contributed by atoms with Crippen LogP contribution in [-0.2, 0) is 0 Å². The van der Waals surface area contributed by atoms with Crippen molar-refractivity contribution in [3.8, 4) is 0 Å². The smallest absolute Gasteiger partial charge is 0.00310 e. The Balaban J connectivity index is 0.00000172. The molecule has 1 fully saturated rings. The van der Waals surface area contributed by atoms with Gasteiger partial charge >= 0.3 is 0 Å². The largest absolute Gasteiger partial charge is 0.392 e. The fourth-order valence-electron chi connectivity index (χ4n) is 2.69. The van der Waals surface area contributed by atoms with Crippen LogP contribution in [0.1, 0.15) is 78.1 Å². The summed E-state index contributed by atoms with van der Waals surface area (Å²) in [7, 11) is 1.96. The molecular formula is C18H38N2. The number of hydrogen-bond donors (Lipinski definition) is 1. The van der Waals surface area contributed by atoms with Gasteiger partial charge in [-0.3, -0.25) is 0 Å². The molecule has 1 N–H and O–H groups in total. The van der Waals surface area contributed by atoms with Gasteiger partial charge in [0.15, 0.2) is 0 Å². The number of hydrogen-bond acceptors (Lipinski definition) is 2. The molecule has 0 bridgehead atoms. The highest BCUT2D eigenvalue weighted by Crippen LogP contribution is 2.12. The van der Waals surface area contributed by atoms with Crippen LogP contribution < -0.4 is 5.32 Å². The number of nitrogens with one attached hydrogen (secondary N) is 1. The van der Waals surface area contributed by atoms with Crippen molar-refractivity contribution in [3.05, 3.63) is 12.3 Å². The Kier molecular flexibility index (Phi) is 14.5. The molecule has 1 rings (SSSR count). The van der Waals surface area contributed by atoms with Crippen molar-refractivity contribution in [2.45, 2.75) is 78.1 Å². The van der Waals surface area contributed by atoms with E-state index in [2.05, 4.69) is 16.8 Å². The fraction of sp³-hybridized carbons (Fsp3) is 0.889. The number of likely N-dealkylation sites (tertiary alicyclic amines) is 1. The molecule has 120 valence electrons. The van der Waals surface area contributed by atoms with Gasteiger partial charge < -0.3 is 10.2 Å². The Morgan fingerprint density at radius 1 is 0.900 bits per heavy atom. The van der Waals surface area contributed by atoms with Gasteiger partial charge in [-0.15, -0.1) is 0 Å². The maximum atomic E-state index is 3.95. The number of allylic oxidation sites excluding steroid dienone is 1.